The first-order valence-corrected chi connectivity index (χ1v) is 8.91. The average molecular weight is 311 g/mol. The molecule has 1 fully saturated rings. The summed E-state index contributed by atoms with van der Waals surface area (Å²) in [6, 6.07) is 3.83. The number of aryl methyl sites for hydroxylation is 1. The van der Waals surface area contributed by atoms with Gasteiger partial charge in [-0.15, -0.1) is 0 Å². The minimum Gasteiger partial charge on any atom is -0.347 e. The molecule has 1 aromatic heterocycles. The monoisotopic (exact) mass is 311 g/mol. The standard InChI is InChI=1S/C14H21N3O3S/c1-10-5-7-15-12(9-10)14(11-3-4-11)17-13(18)6-8-16-21(2,19)20/h5,7,9,11,14,16H,3-4,6,8H2,1-2H3,(H,17,18). The van der Waals surface area contributed by atoms with E-state index in [1.807, 2.05) is 19.1 Å². The number of aromatic nitrogens is 1. The van der Waals surface area contributed by atoms with Crippen LogP contribution in [0.25, 0.3) is 0 Å². The van der Waals surface area contributed by atoms with Gasteiger partial charge < -0.3 is 5.32 Å². The number of pyridine rings is 1. The van der Waals surface area contributed by atoms with Gasteiger partial charge in [-0.2, -0.15) is 0 Å². The summed E-state index contributed by atoms with van der Waals surface area (Å²) in [7, 11) is -3.25. The Bertz CT molecular complexity index is 612. The van der Waals surface area contributed by atoms with E-state index in [-0.39, 0.29) is 24.9 Å². The molecule has 1 atom stereocenters. The Hall–Kier alpha value is -1.47. The van der Waals surface area contributed by atoms with Crippen molar-refractivity contribution in [1.29, 1.82) is 0 Å². The van der Waals surface area contributed by atoms with Crippen molar-refractivity contribution in [2.24, 2.45) is 5.92 Å². The molecule has 0 bridgehead atoms. The van der Waals surface area contributed by atoms with Crippen LogP contribution in [0.4, 0.5) is 0 Å². The number of hydrogen-bond acceptors (Lipinski definition) is 4. The van der Waals surface area contributed by atoms with Crippen molar-refractivity contribution in [2.75, 3.05) is 12.8 Å². The molecule has 1 heterocycles. The lowest BCUT2D eigenvalue weighted by molar-refractivity contribution is -0.121. The minimum absolute atomic E-state index is 0.0735. The van der Waals surface area contributed by atoms with E-state index in [1.54, 1.807) is 6.20 Å². The Labute approximate surface area is 125 Å². The zero-order chi connectivity index (χ0) is 15.5. The van der Waals surface area contributed by atoms with Gasteiger partial charge in [0.1, 0.15) is 0 Å². The molecule has 1 aromatic rings. The van der Waals surface area contributed by atoms with Crippen LogP contribution >= 0.6 is 0 Å². The predicted molar refractivity (Wildman–Crippen MR) is 80.0 cm³/mol. The SMILES string of the molecule is Cc1ccnc(C(NC(=O)CCNS(C)(=O)=O)C2CC2)c1. The van der Waals surface area contributed by atoms with Gasteiger partial charge in [0.15, 0.2) is 0 Å². The van der Waals surface area contributed by atoms with Gasteiger partial charge in [-0.25, -0.2) is 13.1 Å². The van der Waals surface area contributed by atoms with Gasteiger partial charge in [-0.05, 0) is 43.4 Å². The van der Waals surface area contributed by atoms with E-state index in [1.165, 1.54) is 0 Å². The molecule has 1 saturated carbocycles. The van der Waals surface area contributed by atoms with Crippen molar-refractivity contribution in [2.45, 2.75) is 32.2 Å². The van der Waals surface area contributed by atoms with Gasteiger partial charge >= 0.3 is 0 Å². The van der Waals surface area contributed by atoms with Crippen LogP contribution in [0.3, 0.4) is 0 Å². The van der Waals surface area contributed by atoms with Gasteiger partial charge in [-0.1, -0.05) is 0 Å². The van der Waals surface area contributed by atoms with Crippen molar-refractivity contribution < 1.29 is 13.2 Å². The number of nitrogens with zero attached hydrogens (tertiary/aromatic N) is 1. The Morgan fingerprint density at radius 3 is 2.76 bits per heavy atom. The van der Waals surface area contributed by atoms with E-state index in [2.05, 4.69) is 15.0 Å². The summed E-state index contributed by atoms with van der Waals surface area (Å²) in [5.41, 5.74) is 1.99. The third-order valence-electron chi connectivity index (χ3n) is 3.38. The molecule has 21 heavy (non-hydrogen) atoms. The molecule has 6 nitrogen and oxygen atoms in total. The number of amides is 1. The Balaban J connectivity index is 1.93. The van der Waals surface area contributed by atoms with Gasteiger partial charge in [-0.3, -0.25) is 9.78 Å². The van der Waals surface area contributed by atoms with Crippen molar-refractivity contribution in [1.82, 2.24) is 15.0 Å². The second-order valence-electron chi connectivity index (χ2n) is 5.56. The molecule has 0 spiro atoms. The molecule has 0 saturated heterocycles. The van der Waals surface area contributed by atoms with Crippen LogP contribution in [0.1, 0.15) is 36.6 Å². The number of sulfonamides is 1. The Morgan fingerprint density at radius 2 is 2.19 bits per heavy atom. The normalized spacial score (nSPS) is 16.5. The topological polar surface area (TPSA) is 88.2 Å². The van der Waals surface area contributed by atoms with Crippen LogP contribution in [0.5, 0.6) is 0 Å². The van der Waals surface area contributed by atoms with Crippen molar-refractivity contribution in [3.8, 4) is 0 Å². The molecule has 116 valence electrons. The number of carbonyl (C=O) groups excluding carboxylic acids is 1. The van der Waals surface area contributed by atoms with Gasteiger partial charge in [0.2, 0.25) is 15.9 Å². The summed E-state index contributed by atoms with van der Waals surface area (Å²) in [6.45, 7) is 2.11. The fraction of sp³-hybridized carbons (Fsp3) is 0.571. The maximum atomic E-state index is 12.0. The van der Waals surface area contributed by atoms with E-state index in [4.69, 9.17) is 0 Å². The van der Waals surface area contributed by atoms with Crippen LogP contribution in [-0.4, -0.2) is 32.1 Å². The van der Waals surface area contributed by atoms with E-state index in [0.29, 0.717) is 5.92 Å². The second kappa shape index (κ2) is 6.53. The highest BCUT2D eigenvalue weighted by Crippen LogP contribution is 2.40. The van der Waals surface area contributed by atoms with Gasteiger partial charge in [0, 0.05) is 19.2 Å². The molecule has 2 N–H and O–H groups in total. The fourth-order valence-corrected chi connectivity index (χ4v) is 2.66. The quantitative estimate of drug-likeness (QED) is 0.783. The largest absolute Gasteiger partial charge is 0.347 e. The summed E-state index contributed by atoms with van der Waals surface area (Å²) in [5, 5.41) is 2.97. The van der Waals surface area contributed by atoms with E-state index in [0.717, 1.165) is 30.4 Å². The molecule has 1 aliphatic carbocycles. The summed E-state index contributed by atoms with van der Waals surface area (Å²) >= 11 is 0. The first kappa shape index (κ1) is 15.9. The third-order valence-corrected chi connectivity index (χ3v) is 4.11. The van der Waals surface area contributed by atoms with Crippen LogP contribution in [0.2, 0.25) is 0 Å². The first-order valence-electron chi connectivity index (χ1n) is 7.02. The lowest BCUT2D eigenvalue weighted by Crippen LogP contribution is -2.33. The molecule has 1 aliphatic rings. The minimum atomic E-state index is -3.25. The number of hydrogen-bond donors (Lipinski definition) is 2. The zero-order valence-corrected chi connectivity index (χ0v) is 13.1. The van der Waals surface area contributed by atoms with Crippen LogP contribution in [0.15, 0.2) is 18.3 Å². The summed E-state index contributed by atoms with van der Waals surface area (Å²) < 4.78 is 24.2. The van der Waals surface area contributed by atoms with Crippen molar-refractivity contribution in [3.05, 3.63) is 29.6 Å². The Kier molecular flexibility index (Phi) is 4.95. The molecule has 0 aliphatic heterocycles. The smallest absolute Gasteiger partial charge is 0.221 e. The molecular formula is C14H21N3O3S. The summed E-state index contributed by atoms with van der Waals surface area (Å²) in [6.07, 6.45) is 5.12. The summed E-state index contributed by atoms with van der Waals surface area (Å²) in [4.78, 5) is 16.3. The highest BCUT2D eigenvalue weighted by Gasteiger charge is 2.34. The zero-order valence-electron chi connectivity index (χ0n) is 12.3. The molecular weight excluding hydrogens is 290 g/mol. The average Bonchev–Trinajstić information content (AvgIpc) is 3.18. The number of carbonyl (C=O) groups is 1. The fourth-order valence-electron chi connectivity index (χ4n) is 2.19. The third kappa shape index (κ3) is 5.43. The molecule has 1 unspecified atom stereocenters. The molecule has 0 aromatic carbocycles. The van der Waals surface area contributed by atoms with Gasteiger partial charge in [0.25, 0.3) is 0 Å². The van der Waals surface area contributed by atoms with E-state index >= 15 is 0 Å². The molecule has 7 heteroatoms. The lowest BCUT2D eigenvalue weighted by Gasteiger charge is -2.18. The second-order valence-corrected chi connectivity index (χ2v) is 7.39. The maximum Gasteiger partial charge on any atom is 0.221 e. The van der Waals surface area contributed by atoms with Crippen molar-refractivity contribution in [3.63, 3.8) is 0 Å². The summed E-state index contributed by atoms with van der Waals surface area (Å²) in [5.74, 6) is 0.275. The van der Waals surface area contributed by atoms with Crippen LogP contribution < -0.4 is 10.0 Å². The van der Waals surface area contributed by atoms with Crippen LogP contribution in [0, 0.1) is 12.8 Å². The lowest BCUT2D eigenvalue weighted by atomic mass is 10.1. The first-order chi connectivity index (χ1) is 9.85. The van der Waals surface area contributed by atoms with Gasteiger partial charge in [0.05, 0.1) is 18.0 Å². The molecule has 0 radical (unpaired) electrons. The molecule has 2 rings (SSSR count). The van der Waals surface area contributed by atoms with E-state index in [9.17, 15) is 13.2 Å². The predicted octanol–water partition coefficient (Wildman–Crippen LogP) is 0.897. The highest BCUT2D eigenvalue weighted by atomic mass is 32.2. The highest BCUT2D eigenvalue weighted by molar-refractivity contribution is 7.88. The van der Waals surface area contributed by atoms with E-state index < -0.39 is 10.0 Å². The van der Waals surface area contributed by atoms with Crippen LogP contribution in [-0.2, 0) is 14.8 Å². The molecule has 1 amide bonds. The number of rotatable bonds is 7. The number of nitrogens with one attached hydrogen (secondary N) is 2. The maximum absolute atomic E-state index is 12.0. The Morgan fingerprint density at radius 1 is 1.48 bits per heavy atom. The van der Waals surface area contributed by atoms with Crippen molar-refractivity contribution >= 4 is 15.9 Å².